The monoisotopic (exact) mass is 194 g/mol. The van der Waals surface area contributed by atoms with Gasteiger partial charge in [-0.2, -0.15) is 0 Å². The van der Waals surface area contributed by atoms with Gasteiger partial charge in [0.15, 0.2) is 0 Å². The van der Waals surface area contributed by atoms with Gasteiger partial charge in [-0.15, -0.1) is 0 Å². The molecular weight excluding hydrogens is 183 g/mol. The number of ether oxygens (including phenoxy) is 1. The van der Waals surface area contributed by atoms with Gasteiger partial charge in [-0.05, 0) is 18.9 Å². The fourth-order valence-corrected chi connectivity index (χ4v) is 1.72. The third-order valence-electron chi connectivity index (χ3n) is 2.45. The second kappa shape index (κ2) is 3.78. The third kappa shape index (κ3) is 1.62. The maximum atomic E-state index is 13.3. The molecule has 0 N–H and O–H groups in total. The van der Waals surface area contributed by atoms with E-state index in [-0.39, 0.29) is 11.8 Å². The van der Waals surface area contributed by atoms with Gasteiger partial charge in [-0.1, -0.05) is 18.2 Å². The molecule has 1 atom stereocenters. The van der Waals surface area contributed by atoms with Crippen molar-refractivity contribution in [3.63, 3.8) is 0 Å². The van der Waals surface area contributed by atoms with E-state index in [0.717, 1.165) is 6.42 Å². The molecule has 2 rings (SSSR count). The van der Waals surface area contributed by atoms with Crippen LogP contribution in [0.15, 0.2) is 24.3 Å². The summed E-state index contributed by atoms with van der Waals surface area (Å²) in [6, 6.07) is 6.37. The van der Waals surface area contributed by atoms with Crippen molar-refractivity contribution in [1.82, 2.24) is 0 Å². The van der Waals surface area contributed by atoms with Crippen molar-refractivity contribution in [2.24, 2.45) is 0 Å². The predicted molar refractivity (Wildman–Crippen MR) is 49.3 cm³/mol. The van der Waals surface area contributed by atoms with Crippen molar-refractivity contribution in [3.8, 4) is 0 Å². The number of hydrogen-bond donors (Lipinski definition) is 0. The minimum atomic E-state index is -0.412. The molecule has 1 fully saturated rings. The molecule has 1 aliphatic rings. The SMILES string of the molecule is O=C1OCCCC1c1ccccc1F. The standard InChI is InChI=1S/C11H11FO2/c12-10-6-2-1-4-8(10)9-5-3-7-14-11(9)13/h1-2,4,6,9H,3,5,7H2. The van der Waals surface area contributed by atoms with E-state index in [1.807, 2.05) is 0 Å². The summed E-state index contributed by atoms with van der Waals surface area (Å²) in [5, 5.41) is 0. The summed E-state index contributed by atoms with van der Waals surface area (Å²) in [6.45, 7) is 0.462. The number of rotatable bonds is 1. The first-order valence-electron chi connectivity index (χ1n) is 4.70. The van der Waals surface area contributed by atoms with Crippen molar-refractivity contribution in [3.05, 3.63) is 35.6 Å². The van der Waals surface area contributed by atoms with Gasteiger partial charge in [0, 0.05) is 5.56 Å². The van der Waals surface area contributed by atoms with Crippen LogP contribution in [-0.4, -0.2) is 12.6 Å². The van der Waals surface area contributed by atoms with Gasteiger partial charge in [-0.3, -0.25) is 4.79 Å². The quantitative estimate of drug-likeness (QED) is 0.641. The first kappa shape index (κ1) is 9.19. The highest BCUT2D eigenvalue weighted by molar-refractivity contribution is 5.78. The van der Waals surface area contributed by atoms with Crippen LogP contribution in [0.25, 0.3) is 0 Å². The van der Waals surface area contributed by atoms with Gasteiger partial charge in [0.25, 0.3) is 0 Å². The summed E-state index contributed by atoms with van der Waals surface area (Å²) in [4.78, 5) is 11.4. The van der Waals surface area contributed by atoms with Gasteiger partial charge < -0.3 is 4.74 Å². The highest BCUT2D eigenvalue weighted by Crippen LogP contribution is 2.28. The second-order valence-electron chi connectivity index (χ2n) is 3.38. The fourth-order valence-electron chi connectivity index (χ4n) is 1.72. The van der Waals surface area contributed by atoms with E-state index < -0.39 is 5.92 Å². The highest BCUT2D eigenvalue weighted by atomic mass is 19.1. The first-order valence-corrected chi connectivity index (χ1v) is 4.70. The Morgan fingerprint density at radius 1 is 1.36 bits per heavy atom. The Balaban J connectivity index is 2.29. The molecular formula is C11H11FO2. The lowest BCUT2D eigenvalue weighted by Gasteiger charge is -2.21. The molecule has 3 heteroatoms. The molecule has 1 aromatic rings. The molecule has 1 heterocycles. The number of carbonyl (C=O) groups excluding carboxylic acids is 1. The van der Waals surface area contributed by atoms with E-state index in [2.05, 4.69) is 0 Å². The second-order valence-corrected chi connectivity index (χ2v) is 3.38. The Hall–Kier alpha value is -1.38. The summed E-state index contributed by atoms with van der Waals surface area (Å²) in [7, 11) is 0. The minimum absolute atomic E-state index is 0.304. The van der Waals surface area contributed by atoms with Crippen LogP contribution in [0.4, 0.5) is 4.39 Å². The lowest BCUT2D eigenvalue weighted by Crippen LogP contribution is -2.23. The zero-order valence-electron chi connectivity index (χ0n) is 7.70. The molecule has 1 unspecified atom stereocenters. The number of halogens is 1. The van der Waals surface area contributed by atoms with E-state index in [1.165, 1.54) is 6.07 Å². The number of esters is 1. The number of cyclic esters (lactones) is 1. The summed E-state index contributed by atoms with van der Waals surface area (Å²) in [5.41, 5.74) is 0.456. The van der Waals surface area contributed by atoms with Crippen LogP contribution in [0.3, 0.4) is 0 Å². The van der Waals surface area contributed by atoms with Crippen molar-refractivity contribution in [2.75, 3.05) is 6.61 Å². The molecule has 1 saturated heterocycles. The van der Waals surface area contributed by atoms with Gasteiger partial charge in [0.2, 0.25) is 0 Å². The predicted octanol–water partition coefficient (Wildman–Crippen LogP) is 2.25. The Kier molecular flexibility index (Phi) is 2.48. The molecule has 1 aliphatic heterocycles. The van der Waals surface area contributed by atoms with E-state index in [9.17, 15) is 9.18 Å². The van der Waals surface area contributed by atoms with Crippen LogP contribution >= 0.6 is 0 Å². The molecule has 74 valence electrons. The smallest absolute Gasteiger partial charge is 0.313 e. The highest BCUT2D eigenvalue weighted by Gasteiger charge is 2.27. The Bertz CT molecular complexity index is 349. The van der Waals surface area contributed by atoms with Crippen molar-refractivity contribution in [1.29, 1.82) is 0 Å². The van der Waals surface area contributed by atoms with Crippen molar-refractivity contribution < 1.29 is 13.9 Å². The molecule has 1 aromatic carbocycles. The first-order chi connectivity index (χ1) is 6.79. The number of carbonyl (C=O) groups is 1. The lowest BCUT2D eigenvalue weighted by molar-refractivity contribution is -0.149. The molecule has 0 saturated carbocycles. The van der Waals surface area contributed by atoms with Crippen LogP contribution < -0.4 is 0 Å². The summed E-state index contributed by atoms with van der Waals surface area (Å²) in [5.74, 6) is -1.04. The lowest BCUT2D eigenvalue weighted by atomic mass is 9.92. The van der Waals surface area contributed by atoms with E-state index in [4.69, 9.17) is 4.74 Å². The molecule has 14 heavy (non-hydrogen) atoms. The topological polar surface area (TPSA) is 26.3 Å². The molecule has 2 nitrogen and oxygen atoms in total. The molecule has 0 spiro atoms. The third-order valence-corrected chi connectivity index (χ3v) is 2.45. The van der Waals surface area contributed by atoms with E-state index >= 15 is 0 Å². The molecule has 0 aliphatic carbocycles. The average Bonchev–Trinajstić information content (AvgIpc) is 2.20. The normalized spacial score (nSPS) is 21.8. The maximum Gasteiger partial charge on any atom is 0.313 e. The van der Waals surface area contributed by atoms with Crippen molar-refractivity contribution in [2.45, 2.75) is 18.8 Å². The number of benzene rings is 1. The molecule has 0 amide bonds. The molecule has 0 bridgehead atoms. The number of hydrogen-bond acceptors (Lipinski definition) is 2. The Morgan fingerprint density at radius 3 is 2.86 bits per heavy atom. The molecule has 0 aromatic heterocycles. The van der Waals surface area contributed by atoms with Crippen LogP contribution in [0, 0.1) is 5.82 Å². The van der Waals surface area contributed by atoms with Crippen LogP contribution in [0.5, 0.6) is 0 Å². The largest absolute Gasteiger partial charge is 0.465 e. The summed E-state index contributed by atoms with van der Waals surface area (Å²) < 4.78 is 18.2. The van der Waals surface area contributed by atoms with Gasteiger partial charge in [0.05, 0.1) is 12.5 Å². The van der Waals surface area contributed by atoms with Gasteiger partial charge in [-0.25, -0.2) is 4.39 Å². The summed E-state index contributed by atoms with van der Waals surface area (Å²) >= 11 is 0. The molecule has 0 radical (unpaired) electrons. The van der Waals surface area contributed by atoms with Crippen LogP contribution in [0.2, 0.25) is 0 Å². The zero-order valence-corrected chi connectivity index (χ0v) is 7.70. The van der Waals surface area contributed by atoms with Crippen molar-refractivity contribution >= 4 is 5.97 Å². The Labute approximate surface area is 81.7 Å². The fraction of sp³-hybridized carbons (Fsp3) is 0.364. The van der Waals surface area contributed by atoms with Crippen LogP contribution in [0.1, 0.15) is 24.3 Å². The van der Waals surface area contributed by atoms with E-state index in [0.29, 0.717) is 18.6 Å². The summed E-state index contributed by atoms with van der Waals surface area (Å²) in [6.07, 6.45) is 1.49. The Morgan fingerprint density at radius 2 is 2.14 bits per heavy atom. The van der Waals surface area contributed by atoms with Gasteiger partial charge in [0.1, 0.15) is 5.82 Å². The van der Waals surface area contributed by atoms with Crippen LogP contribution in [-0.2, 0) is 9.53 Å². The maximum absolute atomic E-state index is 13.3. The van der Waals surface area contributed by atoms with Gasteiger partial charge >= 0.3 is 5.97 Å². The zero-order chi connectivity index (χ0) is 9.97. The minimum Gasteiger partial charge on any atom is -0.465 e. The van der Waals surface area contributed by atoms with E-state index in [1.54, 1.807) is 18.2 Å². The average molecular weight is 194 g/mol.